The number of ether oxygens (including phenoxy) is 1. The molecule has 0 aliphatic heterocycles. The van der Waals surface area contributed by atoms with Gasteiger partial charge in [-0.1, -0.05) is 32.0 Å². The number of anilines is 1. The maximum absolute atomic E-state index is 14.5. The van der Waals surface area contributed by atoms with E-state index < -0.39 is 35.1 Å². The van der Waals surface area contributed by atoms with Gasteiger partial charge >= 0.3 is 0 Å². The average Bonchev–Trinajstić information content (AvgIpc) is 2.84. The maximum atomic E-state index is 14.5. The molecule has 0 amide bonds. The number of alkyl halides is 1. The van der Waals surface area contributed by atoms with E-state index in [4.69, 9.17) is 21.3 Å². The molecule has 7 N–H and O–H groups in total. The fourth-order valence-electron chi connectivity index (χ4n) is 3.09. The van der Waals surface area contributed by atoms with Crippen molar-refractivity contribution in [3.63, 3.8) is 0 Å². The van der Waals surface area contributed by atoms with Gasteiger partial charge in [-0.15, -0.1) is 0 Å². The van der Waals surface area contributed by atoms with Crippen molar-refractivity contribution in [2.24, 2.45) is 0 Å². The number of hydrogen-bond donors (Lipinski definition) is 4. The summed E-state index contributed by atoms with van der Waals surface area (Å²) in [4.78, 5) is 9.08. The number of nitrogens with zero attached hydrogens (tertiary/aromatic N) is 2. The molecule has 1 heterocycles. The van der Waals surface area contributed by atoms with Crippen molar-refractivity contribution in [3.8, 4) is 11.3 Å². The van der Waals surface area contributed by atoms with E-state index in [0.717, 1.165) is 0 Å². The fraction of sp³-hybridized carbons (Fsp3) is 0.250. The van der Waals surface area contributed by atoms with E-state index in [0.29, 0.717) is 21.7 Å². The van der Waals surface area contributed by atoms with E-state index in [1.165, 1.54) is 18.3 Å². The van der Waals surface area contributed by atoms with Crippen molar-refractivity contribution >= 4 is 28.4 Å². The molecule has 0 aliphatic carbocycles. The Morgan fingerprint density at radius 2 is 1.89 bits per heavy atom. The Bertz CT molecular complexity index is 1270. The molecular formula is C24H32F2N6O3S. The Morgan fingerprint density at radius 3 is 2.50 bits per heavy atom. The summed E-state index contributed by atoms with van der Waals surface area (Å²) in [5.41, 5.74) is 7.25. The summed E-state index contributed by atoms with van der Waals surface area (Å²) >= 11 is 0. The Labute approximate surface area is 212 Å². The Balaban J connectivity index is 0.00000456. The van der Waals surface area contributed by atoms with Crippen LogP contribution in [-0.2, 0) is 22.1 Å². The van der Waals surface area contributed by atoms with E-state index in [2.05, 4.69) is 15.3 Å². The summed E-state index contributed by atoms with van der Waals surface area (Å²) in [6, 6.07) is 11.1. The zero-order valence-electron chi connectivity index (χ0n) is 19.8. The van der Waals surface area contributed by atoms with Gasteiger partial charge in [0.15, 0.2) is 11.5 Å². The molecule has 1 aromatic heterocycles. The lowest BCUT2D eigenvalue weighted by Gasteiger charge is -2.12. The van der Waals surface area contributed by atoms with Crippen LogP contribution in [0.3, 0.4) is 0 Å². The topological polar surface area (TPSA) is 169 Å². The monoisotopic (exact) mass is 522 g/mol. The third kappa shape index (κ3) is 6.97. The van der Waals surface area contributed by atoms with Crippen molar-refractivity contribution in [1.82, 2.24) is 15.3 Å². The Hall–Kier alpha value is -3.61. The van der Waals surface area contributed by atoms with Gasteiger partial charge in [0, 0.05) is 31.7 Å². The Morgan fingerprint density at radius 1 is 1.19 bits per heavy atom. The molecule has 3 rings (SSSR count). The first-order valence-corrected chi connectivity index (χ1v) is 12.0. The second-order valence-corrected chi connectivity index (χ2v) is 9.81. The molecule has 1 atom stereocenters. The van der Waals surface area contributed by atoms with Crippen LogP contribution in [-0.4, -0.2) is 49.9 Å². The third-order valence-corrected chi connectivity index (χ3v) is 6.50. The molecule has 196 valence electrons. The number of rotatable bonds is 9. The summed E-state index contributed by atoms with van der Waals surface area (Å²) in [6.45, 7) is 3.65. The summed E-state index contributed by atoms with van der Waals surface area (Å²) in [5, 5.41) is 19.1. The number of nitrogen functional groups attached to an aromatic ring is 1. The molecule has 36 heavy (non-hydrogen) atoms. The van der Waals surface area contributed by atoms with Crippen LogP contribution in [0.2, 0.25) is 0 Å². The summed E-state index contributed by atoms with van der Waals surface area (Å²) < 4.78 is 44.2. The number of hydrogen-bond acceptors (Lipinski definition) is 8. The van der Waals surface area contributed by atoms with E-state index in [1.54, 1.807) is 30.3 Å². The molecule has 2 aromatic carbocycles. The van der Waals surface area contributed by atoms with Gasteiger partial charge in [0.1, 0.15) is 12.5 Å². The van der Waals surface area contributed by atoms with Gasteiger partial charge in [-0.3, -0.25) is 15.0 Å². The minimum atomic E-state index is -1.13. The summed E-state index contributed by atoms with van der Waals surface area (Å²) in [5.74, 6) is -1.96. The first kappa shape index (κ1) is 28.6. The van der Waals surface area contributed by atoms with E-state index in [-0.39, 0.29) is 43.7 Å². The minimum Gasteiger partial charge on any atom is -0.419 e. The highest BCUT2D eigenvalue weighted by molar-refractivity contribution is 7.85. The molecule has 0 aliphatic rings. The highest BCUT2D eigenvalue weighted by Gasteiger charge is 2.18. The van der Waals surface area contributed by atoms with Crippen molar-refractivity contribution in [2.45, 2.75) is 30.5 Å². The number of halogens is 2. The number of aromatic nitrogens is 2. The fourth-order valence-corrected chi connectivity index (χ4v) is 4.04. The minimum absolute atomic E-state index is 0. The standard InChI is InChI=1S/C24H26F2N6O2S.H2O.2H2/c1-14(2)35(33)17-6-4-16(5-7-17)20-13-31-22(27)21(32-20)24(29)34-23(28)18-8-3-15(11-19(18)26)12-30-10-9-25;;;/h3-8,11,13-14,28-30H,9-10,12H2,1-2H3,(H2,27,31);1H2;2*1H. The molecule has 0 saturated heterocycles. The van der Waals surface area contributed by atoms with Gasteiger partial charge in [-0.05, 0) is 29.8 Å². The zero-order valence-corrected chi connectivity index (χ0v) is 20.6. The van der Waals surface area contributed by atoms with Crippen LogP contribution >= 0.6 is 0 Å². The molecule has 0 radical (unpaired) electrons. The first-order chi connectivity index (χ1) is 16.7. The van der Waals surface area contributed by atoms with Crippen LogP contribution in [0.5, 0.6) is 0 Å². The average molecular weight is 523 g/mol. The zero-order chi connectivity index (χ0) is 25.5. The van der Waals surface area contributed by atoms with Crippen molar-refractivity contribution < 1.29 is 26.1 Å². The predicted octanol–water partition coefficient (Wildman–Crippen LogP) is 3.47. The number of nitrogens with one attached hydrogen (secondary N) is 3. The molecule has 0 spiro atoms. The SMILES string of the molecule is CC(C)S(=O)c1ccc(-c2cnc(N)c(C(=N)OC(=N)c3ccc(CNCCF)cc3F)n2)cc1.O.[HH].[HH]. The van der Waals surface area contributed by atoms with E-state index >= 15 is 0 Å². The lowest BCUT2D eigenvalue weighted by molar-refractivity contribution is 0.466. The molecule has 0 bridgehead atoms. The molecule has 9 nitrogen and oxygen atoms in total. The smallest absolute Gasteiger partial charge is 0.243 e. The van der Waals surface area contributed by atoms with Gasteiger partial charge in [-0.25, -0.2) is 18.7 Å². The second-order valence-electron chi connectivity index (χ2n) is 7.80. The summed E-state index contributed by atoms with van der Waals surface area (Å²) in [7, 11) is -1.13. The molecule has 3 aromatic rings. The molecule has 12 heteroatoms. The van der Waals surface area contributed by atoms with Crippen LogP contribution in [0.4, 0.5) is 14.6 Å². The van der Waals surface area contributed by atoms with Crippen LogP contribution in [0, 0.1) is 16.6 Å². The quantitative estimate of drug-likeness (QED) is 0.190. The molecule has 0 fully saturated rings. The maximum Gasteiger partial charge on any atom is 0.243 e. The van der Waals surface area contributed by atoms with Gasteiger partial charge in [0.25, 0.3) is 0 Å². The van der Waals surface area contributed by atoms with Crippen LogP contribution < -0.4 is 11.1 Å². The summed E-state index contributed by atoms with van der Waals surface area (Å²) in [6.07, 6.45) is 1.43. The highest BCUT2D eigenvalue weighted by atomic mass is 32.2. The van der Waals surface area contributed by atoms with Crippen molar-refractivity contribution in [2.75, 3.05) is 19.0 Å². The van der Waals surface area contributed by atoms with E-state index in [1.807, 2.05) is 13.8 Å². The van der Waals surface area contributed by atoms with Crippen LogP contribution in [0.25, 0.3) is 11.3 Å². The highest BCUT2D eigenvalue weighted by Crippen LogP contribution is 2.22. The second kappa shape index (κ2) is 12.9. The molecule has 1 unspecified atom stereocenters. The lowest BCUT2D eigenvalue weighted by Crippen LogP contribution is -2.19. The lowest BCUT2D eigenvalue weighted by atomic mass is 10.1. The third-order valence-electron chi connectivity index (χ3n) is 4.91. The Kier molecular flexibility index (Phi) is 10.3. The van der Waals surface area contributed by atoms with Gasteiger partial charge < -0.3 is 21.3 Å². The van der Waals surface area contributed by atoms with Crippen molar-refractivity contribution in [1.29, 1.82) is 10.8 Å². The first-order valence-electron chi connectivity index (χ1n) is 10.8. The van der Waals surface area contributed by atoms with Crippen molar-refractivity contribution in [3.05, 3.63) is 71.3 Å². The largest absolute Gasteiger partial charge is 0.419 e. The van der Waals surface area contributed by atoms with Gasteiger partial charge in [-0.2, -0.15) is 0 Å². The van der Waals surface area contributed by atoms with Crippen LogP contribution in [0.1, 0.15) is 33.5 Å². The van der Waals surface area contributed by atoms with Crippen LogP contribution in [0.15, 0.2) is 53.6 Å². The number of nitrogens with two attached hydrogens (primary N) is 1. The van der Waals surface area contributed by atoms with Gasteiger partial charge in [0.05, 0.1) is 28.3 Å². The normalized spacial score (nSPS) is 11.6. The molecule has 0 saturated carbocycles. The van der Waals surface area contributed by atoms with Gasteiger partial charge in [0.2, 0.25) is 11.8 Å². The molecular weight excluding hydrogens is 490 g/mol. The predicted molar refractivity (Wildman–Crippen MR) is 140 cm³/mol. The van der Waals surface area contributed by atoms with E-state index in [9.17, 15) is 13.0 Å². The number of benzene rings is 2.